The normalized spacial score (nSPS) is 23.1. The van der Waals surface area contributed by atoms with Crippen molar-refractivity contribution in [3.05, 3.63) is 12.7 Å². The third kappa shape index (κ3) is 4.39. The zero-order valence-electron chi connectivity index (χ0n) is 7.81. The van der Waals surface area contributed by atoms with E-state index in [2.05, 4.69) is 16.6 Å². The first kappa shape index (κ1) is 13.9. The Labute approximate surface area is 92.0 Å². The van der Waals surface area contributed by atoms with Gasteiger partial charge in [0.2, 0.25) is 10.9 Å². The van der Waals surface area contributed by atoms with Gasteiger partial charge in [-0.2, -0.15) is 4.72 Å². The van der Waals surface area contributed by atoms with Gasteiger partial charge >= 0.3 is 0 Å². The van der Waals surface area contributed by atoms with Crippen LogP contribution in [0.4, 0.5) is 0 Å². The fourth-order valence-electron chi connectivity index (χ4n) is 1.38. The minimum atomic E-state index is -2.53. The van der Waals surface area contributed by atoms with Gasteiger partial charge in [0.05, 0.1) is 6.17 Å². The molecule has 1 rings (SSSR count). The first-order valence-electron chi connectivity index (χ1n) is 4.20. The van der Waals surface area contributed by atoms with Gasteiger partial charge in [-0.05, 0) is 0 Å². The molecule has 0 amide bonds. The monoisotopic (exact) mass is 241 g/mol. The molecular formula is C7H16ClN3O2S. The molecule has 7 heteroatoms. The fourth-order valence-corrected chi connectivity index (χ4v) is 1.88. The third-order valence-corrected chi connectivity index (χ3v) is 2.48. The molecule has 0 spiro atoms. The molecule has 1 atom stereocenters. The van der Waals surface area contributed by atoms with Crippen molar-refractivity contribution in [3.8, 4) is 0 Å². The van der Waals surface area contributed by atoms with Crippen molar-refractivity contribution >= 4 is 23.3 Å². The first-order valence-corrected chi connectivity index (χ1v) is 5.38. The summed E-state index contributed by atoms with van der Waals surface area (Å²) in [6.07, 6.45) is 1.64. The molecule has 1 saturated heterocycles. The van der Waals surface area contributed by atoms with Gasteiger partial charge in [-0.3, -0.25) is 4.90 Å². The molecule has 0 radical (unpaired) electrons. The van der Waals surface area contributed by atoms with E-state index in [0.717, 1.165) is 13.1 Å². The van der Waals surface area contributed by atoms with E-state index in [4.69, 9.17) is 0 Å². The van der Waals surface area contributed by atoms with Crippen molar-refractivity contribution in [2.45, 2.75) is 6.17 Å². The summed E-state index contributed by atoms with van der Waals surface area (Å²) in [5.41, 5.74) is 0. The molecule has 1 heterocycles. The summed E-state index contributed by atoms with van der Waals surface area (Å²) < 4.78 is 23.4. The van der Waals surface area contributed by atoms with Crippen molar-refractivity contribution in [3.63, 3.8) is 0 Å². The number of thiol groups is 1. The molecule has 0 saturated carbocycles. The average Bonchev–Trinajstić information content (AvgIpc) is 2.08. The lowest BCUT2D eigenvalue weighted by atomic mass is 10.3. The fraction of sp³-hybridized carbons (Fsp3) is 0.714. The minimum Gasteiger partial charge on any atom is -0.313 e. The van der Waals surface area contributed by atoms with Crippen LogP contribution in [0.25, 0.3) is 0 Å². The summed E-state index contributed by atoms with van der Waals surface area (Å²) in [5, 5.41) is 3.12. The summed E-state index contributed by atoms with van der Waals surface area (Å²) in [6.45, 7) is 6.72. The first-order chi connectivity index (χ1) is 6.24. The standard InChI is InChI=1S/C7H15N3O2S.ClH/c1-2-4-10-5-3-8-6-7(10)9-13(11)12;/h2,7-8,13H,1,3-6H2,(H,9,11,12);1H. The van der Waals surface area contributed by atoms with Crippen LogP contribution < -0.4 is 10.0 Å². The highest BCUT2D eigenvalue weighted by Gasteiger charge is 2.20. The van der Waals surface area contributed by atoms with Crippen molar-refractivity contribution < 1.29 is 8.42 Å². The zero-order chi connectivity index (χ0) is 9.68. The molecule has 14 heavy (non-hydrogen) atoms. The second kappa shape index (κ2) is 7.19. The largest absolute Gasteiger partial charge is 0.313 e. The summed E-state index contributed by atoms with van der Waals surface area (Å²) in [6, 6.07) is 0. The summed E-state index contributed by atoms with van der Waals surface area (Å²) in [7, 11) is -2.53. The molecule has 0 aliphatic carbocycles. The van der Waals surface area contributed by atoms with Crippen molar-refractivity contribution in [2.75, 3.05) is 26.2 Å². The predicted molar refractivity (Wildman–Crippen MR) is 59.1 cm³/mol. The Bertz CT molecular complexity index is 239. The van der Waals surface area contributed by atoms with E-state index in [1.54, 1.807) is 6.08 Å². The molecule has 1 aliphatic rings. The lowest BCUT2D eigenvalue weighted by Crippen LogP contribution is -2.57. The van der Waals surface area contributed by atoms with Gasteiger partial charge in [-0.15, -0.1) is 19.0 Å². The number of rotatable bonds is 4. The number of hydrogen-bond donors (Lipinski definition) is 3. The van der Waals surface area contributed by atoms with Gasteiger partial charge in [-0.1, -0.05) is 6.08 Å². The van der Waals surface area contributed by atoms with Crippen LogP contribution in [-0.2, 0) is 10.9 Å². The Hall–Kier alpha value is -0.140. The maximum absolute atomic E-state index is 10.5. The van der Waals surface area contributed by atoms with Crippen LogP contribution in [0.15, 0.2) is 12.7 Å². The van der Waals surface area contributed by atoms with Crippen LogP contribution in [0.1, 0.15) is 0 Å². The lowest BCUT2D eigenvalue weighted by molar-refractivity contribution is 0.170. The maximum atomic E-state index is 10.5. The SMILES string of the molecule is C=CCN1CCNCC1N[SH](=O)=O.Cl. The highest BCUT2D eigenvalue weighted by atomic mass is 35.5. The van der Waals surface area contributed by atoms with Gasteiger partial charge in [-0.25, -0.2) is 8.42 Å². The van der Waals surface area contributed by atoms with Gasteiger partial charge in [0, 0.05) is 26.2 Å². The summed E-state index contributed by atoms with van der Waals surface area (Å²) >= 11 is 0. The van der Waals surface area contributed by atoms with Gasteiger partial charge < -0.3 is 5.32 Å². The number of piperazine rings is 1. The summed E-state index contributed by atoms with van der Waals surface area (Å²) in [5.74, 6) is 0. The quantitative estimate of drug-likeness (QED) is 0.434. The Morgan fingerprint density at radius 1 is 1.64 bits per heavy atom. The smallest absolute Gasteiger partial charge is 0.202 e. The van der Waals surface area contributed by atoms with Crippen molar-refractivity contribution in [1.29, 1.82) is 0 Å². The molecule has 0 aromatic rings. The second-order valence-electron chi connectivity index (χ2n) is 2.89. The van der Waals surface area contributed by atoms with E-state index >= 15 is 0 Å². The topological polar surface area (TPSA) is 61.4 Å². The Morgan fingerprint density at radius 2 is 2.36 bits per heavy atom. The van der Waals surface area contributed by atoms with E-state index in [1.165, 1.54) is 0 Å². The molecule has 0 aromatic heterocycles. The molecule has 1 fully saturated rings. The number of nitrogens with one attached hydrogen (secondary N) is 2. The maximum Gasteiger partial charge on any atom is 0.202 e. The number of halogens is 1. The third-order valence-electron chi connectivity index (χ3n) is 1.97. The van der Waals surface area contributed by atoms with Gasteiger partial charge in [0.1, 0.15) is 0 Å². The van der Waals surface area contributed by atoms with Crippen molar-refractivity contribution in [1.82, 2.24) is 14.9 Å². The van der Waals surface area contributed by atoms with E-state index in [9.17, 15) is 8.42 Å². The molecule has 84 valence electrons. The Morgan fingerprint density at radius 3 is 2.93 bits per heavy atom. The summed E-state index contributed by atoms with van der Waals surface area (Å²) in [4.78, 5) is 2.04. The van der Waals surface area contributed by atoms with Crippen LogP contribution in [0, 0.1) is 0 Å². The van der Waals surface area contributed by atoms with Gasteiger partial charge in [0.25, 0.3) is 0 Å². The number of hydrogen-bond acceptors (Lipinski definition) is 4. The molecular weight excluding hydrogens is 226 g/mol. The average molecular weight is 242 g/mol. The zero-order valence-corrected chi connectivity index (χ0v) is 9.52. The molecule has 1 unspecified atom stereocenters. The van der Waals surface area contributed by atoms with Crippen LogP contribution in [0.3, 0.4) is 0 Å². The second-order valence-corrected chi connectivity index (χ2v) is 3.66. The van der Waals surface area contributed by atoms with Gasteiger partial charge in [0.15, 0.2) is 0 Å². The minimum absolute atomic E-state index is 0. The highest BCUT2D eigenvalue weighted by molar-refractivity contribution is 7.70. The molecule has 2 N–H and O–H groups in total. The molecule has 1 aliphatic heterocycles. The van der Waals surface area contributed by atoms with Crippen molar-refractivity contribution in [2.24, 2.45) is 0 Å². The highest BCUT2D eigenvalue weighted by Crippen LogP contribution is 1.99. The molecule has 0 aromatic carbocycles. The van der Waals surface area contributed by atoms with E-state index in [-0.39, 0.29) is 18.6 Å². The Balaban J connectivity index is 0.00000169. The van der Waals surface area contributed by atoms with E-state index < -0.39 is 10.9 Å². The predicted octanol–water partition coefficient (Wildman–Crippen LogP) is -1.06. The van der Waals surface area contributed by atoms with Crippen LogP contribution in [0.2, 0.25) is 0 Å². The molecule has 5 nitrogen and oxygen atoms in total. The van der Waals surface area contributed by atoms with Crippen LogP contribution in [-0.4, -0.2) is 45.7 Å². The Kier molecular flexibility index (Phi) is 7.12. The van der Waals surface area contributed by atoms with Crippen LogP contribution >= 0.6 is 12.4 Å². The lowest BCUT2D eigenvalue weighted by Gasteiger charge is -2.34. The number of nitrogens with zero attached hydrogens (tertiary/aromatic N) is 1. The van der Waals surface area contributed by atoms with E-state index in [0.29, 0.717) is 13.1 Å². The van der Waals surface area contributed by atoms with Crippen LogP contribution in [0.5, 0.6) is 0 Å². The molecule has 0 bridgehead atoms. The van der Waals surface area contributed by atoms with E-state index in [1.807, 2.05) is 4.90 Å².